The Kier molecular flexibility index (Phi) is 4.93. The zero-order chi connectivity index (χ0) is 16.2. The molecule has 1 aromatic heterocycles. The monoisotopic (exact) mass is 344 g/mol. The summed E-state index contributed by atoms with van der Waals surface area (Å²) in [7, 11) is 0.688. The third-order valence-corrected chi connectivity index (χ3v) is 6.11. The molecule has 0 bridgehead atoms. The molecule has 3 rings (SSSR count). The van der Waals surface area contributed by atoms with Crippen LogP contribution in [0.1, 0.15) is 0 Å². The topological polar surface area (TPSA) is 52.0 Å². The molecule has 0 saturated heterocycles. The van der Waals surface area contributed by atoms with E-state index in [0.29, 0.717) is 27.6 Å². The van der Waals surface area contributed by atoms with Gasteiger partial charge < -0.3 is 0 Å². The molecule has 0 spiro atoms. The summed E-state index contributed by atoms with van der Waals surface area (Å²) in [5.41, 5.74) is 0.643. The molecule has 3 aromatic rings. The largest absolute Gasteiger partial charge is 0.290 e. The average Bonchev–Trinajstić information content (AvgIpc) is 2.60. The maximum absolute atomic E-state index is 12.3. The zero-order valence-electron chi connectivity index (χ0n) is 12.6. The molecule has 2 aromatic carbocycles. The van der Waals surface area contributed by atoms with Crippen LogP contribution in [-0.2, 0) is 17.8 Å². The fraction of sp³-hybridized carbons (Fsp3) is 0.176. The highest BCUT2D eigenvalue weighted by Gasteiger charge is 2.09. The number of para-hydroxylation sites is 1. The molecule has 23 heavy (non-hydrogen) atoms. The summed E-state index contributed by atoms with van der Waals surface area (Å²) in [6.07, 6.45) is 0. The maximum atomic E-state index is 12.3. The Balaban J connectivity index is 1.74. The van der Waals surface area contributed by atoms with E-state index in [1.165, 1.54) is 11.8 Å². The van der Waals surface area contributed by atoms with Crippen LogP contribution < -0.4 is 5.56 Å². The van der Waals surface area contributed by atoms with Crippen molar-refractivity contribution in [3.8, 4) is 0 Å². The highest BCUT2D eigenvalue weighted by atomic mass is 32.2. The molecule has 0 aliphatic carbocycles. The van der Waals surface area contributed by atoms with Gasteiger partial charge in [0, 0.05) is 23.4 Å². The highest BCUT2D eigenvalue weighted by molar-refractivity contribution is 8.00. The van der Waals surface area contributed by atoms with Crippen LogP contribution in [0.25, 0.3) is 10.9 Å². The summed E-state index contributed by atoms with van der Waals surface area (Å²) in [4.78, 5) is 17.7. The first-order chi connectivity index (χ1) is 11.2. The lowest BCUT2D eigenvalue weighted by atomic mass is 10.2. The van der Waals surface area contributed by atoms with Gasteiger partial charge in [-0.25, -0.2) is 4.98 Å². The lowest BCUT2D eigenvalue weighted by molar-refractivity contribution is 0.684. The fourth-order valence-electron chi connectivity index (χ4n) is 2.23. The zero-order valence-corrected chi connectivity index (χ0v) is 14.3. The van der Waals surface area contributed by atoms with Gasteiger partial charge in [0.25, 0.3) is 5.56 Å². The van der Waals surface area contributed by atoms with Crippen molar-refractivity contribution in [1.82, 2.24) is 9.55 Å². The van der Waals surface area contributed by atoms with Crippen LogP contribution in [0.4, 0.5) is 0 Å². The molecule has 0 saturated carbocycles. The molecule has 4 nitrogen and oxygen atoms in total. The number of nitrogens with zero attached hydrogens (tertiary/aromatic N) is 2. The summed E-state index contributed by atoms with van der Waals surface area (Å²) < 4.78 is 13.8. The Morgan fingerprint density at radius 3 is 2.57 bits per heavy atom. The predicted molar refractivity (Wildman–Crippen MR) is 95.4 cm³/mol. The van der Waals surface area contributed by atoms with E-state index in [0.717, 1.165) is 4.90 Å². The normalized spacial score (nSPS) is 12.4. The molecule has 0 N–H and O–H groups in total. The SMILES string of the molecule is Cn1c(SCC[S@](=O)c2ccccc2)nc2ccccc2c1=O. The van der Waals surface area contributed by atoms with E-state index in [9.17, 15) is 9.00 Å². The van der Waals surface area contributed by atoms with Crippen molar-refractivity contribution in [2.24, 2.45) is 7.05 Å². The van der Waals surface area contributed by atoms with E-state index < -0.39 is 10.8 Å². The fourth-order valence-corrected chi connectivity index (χ4v) is 4.48. The third-order valence-electron chi connectivity index (χ3n) is 3.45. The van der Waals surface area contributed by atoms with E-state index in [2.05, 4.69) is 4.98 Å². The third kappa shape index (κ3) is 3.54. The second-order valence-corrected chi connectivity index (χ2v) is 7.62. The second kappa shape index (κ2) is 7.10. The number of thioether (sulfide) groups is 1. The summed E-state index contributed by atoms with van der Waals surface area (Å²) in [5.74, 6) is 1.16. The molecule has 0 unspecified atom stereocenters. The number of rotatable bonds is 5. The molecule has 0 fully saturated rings. The molecule has 0 amide bonds. The molecule has 0 radical (unpaired) electrons. The lowest BCUT2D eigenvalue weighted by Crippen LogP contribution is -2.20. The summed E-state index contributed by atoms with van der Waals surface area (Å²) >= 11 is 1.46. The minimum absolute atomic E-state index is 0.0534. The molecular weight excluding hydrogens is 328 g/mol. The average molecular weight is 344 g/mol. The van der Waals surface area contributed by atoms with Gasteiger partial charge in [0.05, 0.1) is 21.7 Å². The van der Waals surface area contributed by atoms with Gasteiger partial charge in [-0.2, -0.15) is 0 Å². The molecule has 0 aliphatic heterocycles. The van der Waals surface area contributed by atoms with Crippen molar-refractivity contribution in [2.75, 3.05) is 11.5 Å². The number of fused-ring (bicyclic) bond motifs is 1. The van der Waals surface area contributed by atoms with Gasteiger partial charge in [-0.15, -0.1) is 0 Å². The Labute approximate surface area is 141 Å². The van der Waals surface area contributed by atoms with Gasteiger partial charge in [-0.3, -0.25) is 13.6 Å². The first-order valence-corrected chi connectivity index (χ1v) is 9.49. The molecular formula is C17H16N2O2S2. The van der Waals surface area contributed by atoms with Crippen molar-refractivity contribution >= 4 is 33.5 Å². The van der Waals surface area contributed by atoms with E-state index in [4.69, 9.17) is 0 Å². The number of benzene rings is 2. The Morgan fingerprint density at radius 2 is 1.78 bits per heavy atom. The van der Waals surface area contributed by atoms with Crippen molar-refractivity contribution in [1.29, 1.82) is 0 Å². The molecule has 6 heteroatoms. The first kappa shape index (κ1) is 16.0. The molecule has 1 heterocycles. The minimum atomic E-state index is -1.03. The van der Waals surface area contributed by atoms with Crippen LogP contribution >= 0.6 is 11.8 Å². The van der Waals surface area contributed by atoms with Crippen molar-refractivity contribution < 1.29 is 4.21 Å². The number of hydrogen-bond acceptors (Lipinski definition) is 4. The van der Waals surface area contributed by atoms with Crippen LogP contribution in [0.15, 0.2) is 69.4 Å². The second-order valence-electron chi connectivity index (χ2n) is 4.99. The van der Waals surface area contributed by atoms with E-state index in [1.807, 2.05) is 48.5 Å². The summed E-state index contributed by atoms with van der Waals surface area (Å²) in [5, 5.41) is 1.27. The number of aromatic nitrogens is 2. The smallest absolute Gasteiger partial charge is 0.261 e. The Bertz CT molecular complexity index is 907. The van der Waals surface area contributed by atoms with Gasteiger partial charge in [0.1, 0.15) is 0 Å². The Hall–Kier alpha value is -1.92. The standard InChI is InChI=1S/C17H16N2O2S2/c1-19-16(20)14-9-5-6-10-15(14)18-17(19)22-11-12-23(21)13-7-3-2-4-8-13/h2-10H,11-12H2,1H3/t23-/m0/s1. The van der Waals surface area contributed by atoms with Gasteiger partial charge in [0.15, 0.2) is 5.16 Å². The maximum Gasteiger partial charge on any atom is 0.261 e. The van der Waals surface area contributed by atoms with E-state index in [-0.39, 0.29) is 5.56 Å². The Morgan fingerprint density at radius 1 is 1.09 bits per heavy atom. The number of hydrogen-bond donors (Lipinski definition) is 0. The van der Waals surface area contributed by atoms with Crippen LogP contribution in [-0.4, -0.2) is 25.3 Å². The highest BCUT2D eigenvalue weighted by Crippen LogP contribution is 2.17. The van der Waals surface area contributed by atoms with Gasteiger partial charge >= 0.3 is 0 Å². The molecule has 1 atom stereocenters. The first-order valence-electron chi connectivity index (χ1n) is 7.19. The van der Waals surface area contributed by atoms with Crippen molar-refractivity contribution in [3.63, 3.8) is 0 Å². The summed E-state index contributed by atoms with van der Waals surface area (Å²) in [6, 6.07) is 16.7. The van der Waals surface area contributed by atoms with Crippen LogP contribution in [0.2, 0.25) is 0 Å². The van der Waals surface area contributed by atoms with Gasteiger partial charge in [0.2, 0.25) is 0 Å². The summed E-state index contributed by atoms with van der Waals surface area (Å²) in [6.45, 7) is 0. The van der Waals surface area contributed by atoms with E-state index in [1.54, 1.807) is 17.7 Å². The molecule has 0 aliphatic rings. The minimum Gasteiger partial charge on any atom is -0.290 e. The van der Waals surface area contributed by atoms with Crippen LogP contribution in [0.3, 0.4) is 0 Å². The van der Waals surface area contributed by atoms with Crippen molar-refractivity contribution in [3.05, 3.63) is 65.0 Å². The van der Waals surface area contributed by atoms with Gasteiger partial charge in [-0.05, 0) is 24.3 Å². The van der Waals surface area contributed by atoms with Gasteiger partial charge in [-0.1, -0.05) is 42.1 Å². The van der Waals surface area contributed by atoms with E-state index >= 15 is 0 Å². The lowest BCUT2D eigenvalue weighted by Gasteiger charge is -2.08. The molecule has 118 valence electrons. The van der Waals surface area contributed by atoms with Crippen LogP contribution in [0, 0.1) is 0 Å². The van der Waals surface area contributed by atoms with Crippen molar-refractivity contribution in [2.45, 2.75) is 10.1 Å². The predicted octanol–water partition coefficient (Wildman–Crippen LogP) is 2.83. The quantitative estimate of drug-likeness (QED) is 0.527. The van der Waals surface area contributed by atoms with Crippen LogP contribution in [0.5, 0.6) is 0 Å².